The summed E-state index contributed by atoms with van der Waals surface area (Å²) < 4.78 is 72.4. The molecular formula is C23H23N5O3. The summed E-state index contributed by atoms with van der Waals surface area (Å²) in [4.78, 5) is 16.8. The van der Waals surface area contributed by atoms with Crippen LogP contribution in [0.15, 0.2) is 67.0 Å². The van der Waals surface area contributed by atoms with Crippen LogP contribution in [-0.2, 0) is 6.50 Å². The number of methoxy groups -OCH3 is 2. The lowest BCUT2D eigenvalue weighted by atomic mass is 10.2. The molecule has 0 radical (unpaired) electrons. The number of nitrogens with zero attached hydrogens (tertiary/aromatic N) is 2. The number of anilines is 3. The topological polar surface area (TPSA) is 103 Å². The molecule has 0 aliphatic heterocycles. The Morgan fingerprint density at radius 2 is 2.00 bits per heavy atom. The van der Waals surface area contributed by atoms with Gasteiger partial charge in [0.05, 0.1) is 41.9 Å². The Labute approximate surface area is 190 Å². The van der Waals surface area contributed by atoms with E-state index in [-0.39, 0.29) is 28.6 Å². The molecule has 0 atom stereocenters. The number of amides is 2. The van der Waals surface area contributed by atoms with Crippen LogP contribution in [0.25, 0.3) is 10.9 Å². The molecule has 2 aromatic carbocycles. The molecule has 2 heterocycles. The first-order valence-electron chi connectivity index (χ1n) is 13.0. The number of pyridine rings is 1. The standard InChI is InChI=1S/C23H23N5O3/c1-30-16-6-7-21(31-2)19(13-16)27-23(29)26-18-4-3-5-20-17(18)9-11-28(20)14-15-8-10-25-22(24)12-15/h3-13H,14H2,1-2H3,(H2,24,25)(H2,26,27,29)/i1D3,2D3,14D2. The number of rotatable bonds is 6. The van der Waals surface area contributed by atoms with Gasteiger partial charge in [0.1, 0.15) is 17.3 Å². The second kappa shape index (κ2) is 8.66. The lowest BCUT2D eigenvalue weighted by Gasteiger charge is -2.13. The molecule has 0 aliphatic rings. The van der Waals surface area contributed by atoms with E-state index < -0.39 is 26.6 Å². The quantitative estimate of drug-likeness (QED) is 0.427. The second-order valence-corrected chi connectivity index (χ2v) is 6.45. The van der Waals surface area contributed by atoms with Crippen molar-refractivity contribution >= 4 is 34.1 Å². The normalized spacial score (nSPS) is 15.7. The Balaban J connectivity index is 1.62. The highest BCUT2D eigenvalue weighted by atomic mass is 16.5. The number of aromatic nitrogens is 2. The van der Waals surface area contributed by atoms with Gasteiger partial charge in [-0.15, -0.1) is 0 Å². The van der Waals surface area contributed by atoms with Crippen molar-refractivity contribution in [3.8, 4) is 11.5 Å². The van der Waals surface area contributed by atoms with E-state index in [4.69, 9.17) is 26.2 Å². The Bertz CT molecular complexity index is 1520. The number of ether oxygens (including phenoxy) is 2. The van der Waals surface area contributed by atoms with Gasteiger partial charge in [-0.05, 0) is 48.0 Å². The first-order chi connectivity index (χ1) is 18.1. The molecule has 0 saturated carbocycles. The SMILES string of the molecule is [2H]C([2H])([2H])Oc1ccc(OC([2H])([2H])[2H])c(NC(=O)Nc2cccc3c2ccn3C([2H])([2H])c2ccnc(N)c2)c1. The fourth-order valence-electron chi connectivity index (χ4n) is 3.07. The van der Waals surface area contributed by atoms with Gasteiger partial charge < -0.3 is 30.4 Å². The lowest BCUT2D eigenvalue weighted by molar-refractivity contribution is 0.262. The van der Waals surface area contributed by atoms with Crippen molar-refractivity contribution < 1.29 is 25.2 Å². The number of nitrogens with two attached hydrogens (primary N) is 1. The molecule has 0 fully saturated rings. The number of nitrogen functional groups attached to an aromatic ring is 1. The van der Waals surface area contributed by atoms with E-state index in [9.17, 15) is 4.79 Å². The zero-order chi connectivity index (χ0) is 28.6. The van der Waals surface area contributed by atoms with Crippen molar-refractivity contribution in [3.63, 3.8) is 0 Å². The Hall–Kier alpha value is -4.20. The summed E-state index contributed by atoms with van der Waals surface area (Å²) in [5.41, 5.74) is 6.65. The number of hydrogen-bond acceptors (Lipinski definition) is 5. The lowest BCUT2D eigenvalue weighted by Crippen LogP contribution is -2.20. The largest absolute Gasteiger partial charge is 0.497 e. The van der Waals surface area contributed by atoms with E-state index in [1.54, 1.807) is 24.3 Å². The molecule has 0 bridgehead atoms. The van der Waals surface area contributed by atoms with E-state index >= 15 is 0 Å². The maximum atomic E-state index is 12.9. The van der Waals surface area contributed by atoms with E-state index in [2.05, 4.69) is 15.6 Å². The Kier molecular flexibility index (Phi) is 3.49. The number of benzene rings is 2. The monoisotopic (exact) mass is 425 g/mol. The molecule has 8 nitrogen and oxygen atoms in total. The van der Waals surface area contributed by atoms with Gasteiger partial charge >= 0.3 is 6.03 Å². The maximum Gasteiger partial charge on any atom is 0.323 e. The molecule has 31 heavy (non-hydrogen) atoms. The Morgan fingerprint density at radius 3 is 2.84 bits per heavy atom. The average molecular weight is 426 g/mol. The van der Waals surface area contributed by atoms with Crippen LogP contribution in [-0.4, -0.2) is 29.7 Å². The van der Waals surface area contributed by atoms with Crippen LogP contribution in [0.4, 0.5) is 22.0 Å². The molecule has 0 aliphatic carbocycles. The summed E-state index contributed by atoms with van der Waals surface area (Å²) in [5.74, 6) is -0.222. The highest BCUT2D eigenvalue weighted by Gasteiger charge is 2.12. The first kappa shape index (κ1) is 12.5. The Morgan fingerprint density at radius 1 is 1.13 bits per heavy atom. The predicted molar refractivity (Wildman–Crippen MR) is 122 cm³/mol. The summed E-state index contributed by atoms with van der Waals surface area (Å²) in [5, 5.41) is 5.60. The second-order valence-electron chi connectivity index (χ2n) is 6.45. The molecule has 4 N–H and O–H groups in total. The van der Waals surface area contributed by atoms with Crippen molar-refractivity contribution in [3.05, 3.63) is 72.6 Å². The van der Waals surface area contributed by atoms with E-state index in [1.165, 1.54) is 35.2 Å². The minimum atomic E-state index is -2.84. The van der Waals surface area contributed by atoms with Crippen molar-refractivity contribution in [1.82, 2.24) is 9.55 Å². The molecule has 8 heteroatoms. The van der Waals surface area contributed by atoms with Gasteiger partial charge in [0.15, 0.2) is 0 Å². The van der Waals surface area contributed by atoms with Crippen LogP contribution in [0.5, 0.6) is 11.5 Å². The predicted octanol–water partition coefficient (Wildman–Crippen LogP) is 4.33. The number of fused-ring (bicyclic) bond motifs is 1. The van der Waals surface area contributed by atoms with Crippen LogP contribution < -0.4 is 25.8 Å². The zero-order valence-corrected chi connectivity index (χ0v) is 16.0. The van der Waals surface area contributed by atoms with Crippen LogP contribution in [0.1, 0.15) is 16.5 Å². The van der Waals surface area contributed by atoms with Gasteiger partial charge in [0.25, 0.3) is 0 Å². The fourth-order valence-corrected chi connectivity index (χ4v) is 3.07. The number of carbonyl (C=O) groups excluding carboxylic acids is 1. The minimum absolute atomic E-state index is 0.151. The van der Waals surface area contributed by atoms with Crippen LogP contribution in [0.3, 0.4) is 0 Å². The molecule has 2 amide bonds. The van der Waals surface area contributed by atoms with Crippen molar-refractivity contribution in [1.29, 1.82) is 0 Å². The molecule has 0 unspecified atom stereocenters. The fraction of sp³-hybridized carbons (Fsp3) is 0.130. The van der Waals surface area contributed by atoms with Gasteiger partial charge in [-0.2, -0.15) is 0 Å². The van der Waals surface area contributed by atoms with E-state index in [0.717, 1.165) is 12.1 Å². The third-order valence-corrected chi connectivity index (χ3v) is 4.44. The average Bonchev–Trinajstić information content (AvgIpc) is 3.25. The number of nitrogens with one attached hydrogen (secondary N) is 2. The van der Waals surface area contributed by atoms with Gasteiger partial charge in [-0.3, -0.25) is 0 Å². The summed E-state index contributed by atoms with van der Waals surface area (Å²) in [6, 6.07) is 12.2. The van der Waals surface area contributed by atoms with E-state index in [1.807, 2.05) is 0 Å². The van der Waals surface area contributed by atoms with Gasteiger partial charge in [-0.25, -0.2) is 9.78 Å². The zero-order valence-electron chi connectivity index (χ0n) is 24.0. The van der Waals surface area contributed by atoms with E-state index in [0.29, 0.717) is 16.6 Å². The molecule has 4 aromatic rings. The van der Waals surface area contributed by atoms with Crippen molar-refractivity contribution in [2.24, 2.45) is 0 Å². The third kappa shape index (κ3) is 4.37. The van der Waals surface area contributed by atoms with Gasteiger partial charge in [0.2, 0.25) is 0 Å². The number of urea groups is 1. The summed E-state index contributed by atoms with van der Waals surface area (Å²) in [6.07, 6.45) is 2.94. The molecule has 0 spiro atoms. The van der Waals surface area contributed by atoms with Crippen LogP contribution in [0.2, 0.25) is 0 Å². The summed E-state index contributed by atoms with van der Waals surface area (Å²) >= 11 is 0. The van der Waals surface area contributed by atoms with Gasteiger partial charge in [0, 0.05) is 30.3 Å². The first-order valence-corrected chi connectivity index (χ1v) is 9.05. The van der Waals surface area contributed by atoms with Crippen molar-refractivity contribution in [2.75, 3.05) is 30.4 Å². The number of hydrogen-bond donors (Lipinski definition) is 3. The molecule has 158 valence electrons. The highest BCUT2D eigenvalue weighted by molar-refractivity contribution is 6.06. The summed E-state index contributed by atoms with van der Waals surface area (Å²) in [7, 11) is -5.62. The smallest absolute Gasteiger partial charge is 0.323 e. The number of carbonyl (C=O) groups is 1. The third-order valence-electron chi connectivity index (χ3n) is 4.44. The molecule has 0 saturated heterocycles. The summed E-state index contributed by atoms with van der Waals surface area (Å²) in [6.45, 7) is -2.00. The molecular weight excluding hydrogens is 394 g/mol. The van der Waals surface area contributed by atoms with Crippen molar-refractivity contribution in [2.45, 2.75) is 6.50 Å². The van der Waals surface area contributed by atoms with Crippen LogP contribution in [0, 0.1) is 0 Å². The maximum absolute atomic E-state index is 12.9. The minimum Gasteiger partial charge on any atom is -0.497 e. The molecule has 2 aromatic heterocycles. The highest BCUT2D eigenvalue weighted by Crippen LogP contribution is 2.30. The van der Waals surface area contributed by atoms with Gasteiger partial charge in [-0.1, -0.05) is 6.07 Å². The van der Waals surface area contributed by atoms with Crippen LogP contribution >= 0.6 is 0 Å². The molecule has 4 rings (SSSR count).